The first kappa shape index (κ1) is 9.23. The Bertz CT molecular complexity index is 312. The van der Waals surface area contributed by atoms with E-state index in [0.717, 1.165) is 5.69 Å². The van der Waals surface area contributed by atoms with Gasteiger partial charge in [0.1, 0.15) is 0 Å². The van der Waals surface area contributed by atoms with Gasteiger partial charge in [-0.15, -0.1) is 11.3 Å². The van der Waals surface area contributed by atoms with Gasteiger partial charge in [-0.05, 0) is 4.83 Å². The van der Waals surface area contributed by atoms with E-state index in [-0.39, 0.29) is 5.91 Å². The maximum Gasteiger partial charge on any atom is 0.297 e. The van der Waals surface area contributed by atoms with Crippen molar-refractivity contribution in [2.75, 3.05) is 0 Å². The van der Waals surface area contributed by atoms with Gasteiger partial charge < -0.3 is 5.32 Å². The molecule has 0 aliphatic heterocycles. The second-order valence-corrected chi connectivity index (χ2v) is 3.00. The summed E-state index contributed by atoms with van der Waals surface area (Å²) in [7, 11) is 0. The molecule has 0 unspecified atom stereocenters. The summed E-state index contributed by atoms with van der Waals surface area (Å²) in [6.07, 6.45) is 0. The number of amides is 1. The summed E-state index contributed by atoms with van der Waals surface area (Å²) < 4.78 is 0. The fourth-order valence-electron chi connectivity index (χ4n) is 0.583. The average molecular weight is 245 g/mol. The molecule has 0 bridgehead atoms. The van der Waals surface area contributed by atoms with E-state index in [9.17, 15) is 4.79 Å². The number of carbonyl (C=O) groups is 1. The molecule has 1 aromatic heterocycles. The lowest BCUT2D eigenvalue weighted by Crippen LogP contribution is -2.20. The number of hydrogen-bond acceptors (Lipinski definition) is 3. The second-order valence-electron chi connectivity index (χ2n) is 1.88. The van der Waals surface area contributed by atoms with Gasteiger partial charge in [-0.3, -0.25) is 4.79 Å². The topological polar surface area (TPSA) is 42.0 Å². The maximum atomic E-state index is 10.8. The molecule has 0 atom stereocenters. The van der Waals surface area contributed by atoms with E-state index in [1.54, 1.807) is 5.51 Å². The van der Waals surface area contributed by atoms with Crippen molar-refractivity contribution in [3.8, 4) is 10.8 Å². The monoisotopic (exact) mass is 244 g/mol. The molecule has 12 heavy (non-hydrogen) atoms. The van der Waals surface area contributed by atoms with Crippen molar-refractivity contribution in [2.24, 2.45) is 0 Å². The highest BCUT2D eigenvalue weighted by atomic mass is 79.9. The Balaban J connectivity index is 2.35. The quantitative estimate of drug-likeness (QED) is 0.793. The van der Waals surface area contributed by atoms with Crippen molar-refractivity contribution in [1.29, 1.82) is 0 Å². The molecule has 62 valence electrons. The lowest BCUT2D eigenvalue weighted by Gasteiger charge is -1.94. The maximum absolute atomic E-state index is 10.8. The van der Waals surface area contributed by atoms with E-state index in [0.29, 0.717) is 6.54 Å². The molecular formula is C7H5BrN2OS. The predicted molar refractivity (Wildman–Crippen MR) is 50.7 cm³/mol. The third-order valence-electron chi connectivity index (χ3n) is 1.07. The van der Waals surface area contributed by atoms with Crippen LogP contribution in [0.15, 0.2) is 10.9 Å². The molecule has 1 heterocycles. The highest BCUT2D eigenvalue weighted by molar-refractivity contribution is 9.12. The Morgan fingerprint density at radius 3 is 3.25 bits per heavy atom. The summed E-state index contributed by atoms with van der Waals surface area (Å²) >= 11 is 4.33. The van der Waals surface area contributed by atoms with Crippen LogP contribution in [0.3, 0.4) is 0 Å². The summed E-state index contributed by atoms with van der Waals surface area (Å²) in [5.74, 6) is 1.99. The number of halogens is 1. The van der Waals surface area contributed by atoms with E-state index in [2.05, 4.69) is 37.0 Å². The van der Waals surface area contributed by atoms with Crippen LogP contribution < -0.4 is 5.32 Å². The summed E-state index contributed by atoms with van der Waals surface area (Å²) in [6, 6.07) is 0. The molecule has 1 N–H and O–H groups in total. The lowest BCUT2D eigenvalue weighted by molar-refractivity contribution is -0.115. The number of nitrogens with zero attached hydrogens (tertiary/aromatic N) is 1. The van der Waals surface area contributed by atoms with Crippen LogP contribution in [0.4, 0.5) is 0 Å². The van der Waals surface area contributed by atoms with Crippen LogP contribution in [0.1, 0.15) is 5.69 Å². The molecule has 0 radical (unpaired) electrons. The Kier molecular flexibility index (Phi) is 3.77. The number of aromatic nitrogens is 1. The van der Waals surface area contributed by atoms with Crippen molar-refractivity contribution in [3.63, 3.8) is 0 Å². The SMILES string of the molecule is O=C(C#CBr)NCc1cscn1. The van der Waals surface area contributed by atoms with Gasteiger partial charge in [0.05, 0.1) is 17.7 Å². The minimum Gasteiger partial charge on any atom is -0.340 e. The highest BCUT2D eigenvalue weighted by Crippen LogP contribution is 1.99. The van der Waals surface area contributed by atoms with E-state index in [1.165, 1.54) is 11.3 Å². The van der Waals surface area contributed by atoms with Crippen LogP contribution in [0.25, 0.3) is 0 Å². The number of carbonyl (C=O) groups excluding carboxylic acids is 1. The molecule has 0 aliphatic rings. The van der Waals surface area contributed by atoms with E-state index < -0.39 is 0 Å². The van der Waals surface area contributed by atoms with Gasteiger partial charge in [0.2, 0.25) is 0 Å². The van der Waals surface area contributed by atoms with Crippen molar-refractivity contribution >= 4 is 33.2 Å². The molecule has 1 aromatic rings. The van der Waals surface area contributed by atoms with E-state index in [1.807, 2.05) is 5.38 Å². The molecule has 1 amide bonds. The molecule has 5 heteroatoms. The van der Waals surface area contributed by atoms with Gasteiger partial charge in [-0.1, -0.05) is 0 Å². The van der Waals surface area contributed by atoms with Crippen LogP contribution in [0.2, 0.25) is 0 Å². The smallest absolute Gasteiger partial charge is 0.297 e. The van der Waals surface area contributed by atoms with Crippen molar-refractivity contribution in [1.82, 2.24) is 10.3 Å². The second kappa shape index (κ2) is 4.91. The molecular weight excluding hydrogens is 240 g/mol. The van der Waals surface area contributed by atoms with Gasteiger partial charge >= 0.3 is 0 Å². The zero-order valence-electron chi connectivity index (χ0n) is 6.00. The van der Waals surface area contributed by atoms with Crippen LogP contribution >= 0.6 is 27.3 Å². The molecule has 0 saturated carbocycles. The fourth-order valence-corrected chi connectivity index (χ4v) is 1.32. The normalized spacial score (nSPS) is 8.42. The Hall–Kier alpha value is -0.860. The summed E-state index contributed by atoms with van der Waals surface area (Å²) in [4.78, 5) is 17.1. The van der Waals surface area contributed by atoms with Crippen molar-refractivity contribution in [2.45, 2.75) is 6.54 Å². The van der Waals surface area contributed by atoms with Crippen LogP contribution in [-0.2, 0) is 11.3 Å². The molecule has 3 nitrogen and oxygen atoms in total. The van der Waals surface area contributed by atoms with Gasteiger partial charge in [-0.25, -0.2) is 4.98 Å². The van der Waals surface area contributed by atoms with E-state index >= 15 is 0 Å². The van der Waals surface area contributed by atoms with Gasteiger partial charge in [0.15, 0.2) is 0 Å². The van der Waals surface area contributed by atoms with Crippen LogP contribution in [-0.4, -0.2) is 10.9 Å². The van der Waals surface area contributed by atoms with Gasteiger partial charge in [0, 0.05) is 27.2 Å². The largest absolute Gasteiger partial charge is 0.340 e. The third kappa shape index (κ3) is 3.03. The zero-order valence-corrected chi connectivity index (χ0v) is 8.41. The molecule has 0 spiro atoms. The summed E-state index contributed by atoms with van der Waals surface area (Å²) in [6.45, 7) is 0.435. The summed E-state index contributed by atoms with van der Waals surface area (Å²) in [5, 5.41) is 4.46. The van der Waals surface area contributed by atoms with E-state index in [4.69, 9.17) is 0 Å². The first-order chi connectivity index (χ1) is 5.83. The Morgan fingerprint density at radius 2 is 2.67 bits per heavy atom. The Labute approximate surface area is 82.3 Å². The lowest BCUT2D eigenvalue weighted by atomic mass is 10.5. The first-order valence-corrected chi connectivity index (χ1v) is 4.83. The Morgan fingerprint density at radius 1 is 1.83 bits per heavy atom. The van der Waals surface area contributed by atoms with Crippen molar-refractivity contribution in [3.05, 3.63) is 16.6 Å². The first-order valence-electron chi connectivity index (χ1n) is 3.09. The average Bonchev–Trinajstić information content (AvgIpc) is 2.53. The predicted octanol–water partition coefficient (Wildman–Crippen LogP) is 1.12. The van der Waals surface area contributed by atoms with Gasteiger partial charge in [0.25, 0.3) is 5.91 Å². The minimum atomic E-state index is -0.306. The minimum absolute atomic E-state index is 0.306. The number of hydrogen-bond donors (Lipinski definition) is 1. The zero-order chi connectivity index (χ0) is 8.81. The highest BCUT2D eigenvalue weighted by Gasteiger charge is 1.96. The molecule has 0 aliphatic carbocycles. The number of rotatable bonds is 2. The van der Waals surface area contributed by atoms with Gasteiger partial charge in [-0.2, -0.15) is 0 Å². The van der Waals surface area contributed by atoms with Crippen LogP contribution in [0, 0.1) is 10.8 Å². The fraction of sp³-hybridized carbons (Fsp3) is 0.143. The summed E-state index contributed by atoms with van der Waals surface area (Å²) in [5.41, 5.74) is 2.57. The molecule has 0 fully saturated rings. The van der Waals surface area contributed by atoms with Crippen LogP contribution in [0.5, 0.6) is 0 Å². The third-order valence-corrected chi connectivity index (χ3v) is 1.91. The molecule has 0 saturated heterocycles. The standard InChI is InChI=1S/C7H5BrN2OS/c8-2-1-7(11)9-3-6-4-12-5-10-6/h4-5H,3H2,(H,9,11). The number of thiazole rings is 1. The number of nitrogens with one attached hydrogen (secondary N) is 1. The molecule has 1 rings (SSSR count). The van der Waals surface area contributed by atoms with Crippen molar-refractivity contribution < 1.29 is 4.79 Å². The molecule has 0 aromatic carbocycles.